The molecule has 1 aliphatic heterocycles. The fourth-order valence-corrected chi connectivity index (χ4v) is 3.77. The Morgan fingerprint density at radius 2 is 1.69 bits per heavy atom. The maximum atomic E-state index is 9.58. The SMILES string of the molecule is NCC(CO)C1(N2CCCCC2)CCCC1. The van der Waals surface area contributed by atoms with Crippen LogP contribution in [0.1, 0.15) is 44.9 Å². The van der Waals surface area contributed by atoms with Crippen LogP contribution in [-0.2, 0) is 0 Å². The molecule has 1 aliphatic carbocycles. The van der Waals surface area contributed by atoms with Crippen LogP contribution in [0, 0.1) is 5.92 Å². The second-order valence-electron chi connectivity index (χ2n) is 5.47. The zero-order valence-corrected chi connectivity index (χ0v) is 10.3. The molecular formula is C13H26N2O. The molecule has 1 saturated heterocycles. The van der Waals surface area contributed by atoms with Crippen LogP contribution in [0.5, 0.6) is 0 Å². The third kappa shape index (κ3) is 2.13. The summed E-state index contributed by atoms with van der Waals surface area (Å²) in [5, 5.41) is 9.58. The van der Waals surface area contributed by atoms with Gasteiger partial charge in [0.15, 0.2) is 0 Å². The molecular weight excluding hydrogens is 200 g/mol. The van der Waals surface area contributed by atoms with Crippen LogP contribution in [0.4, 0.5) is 0 Å². The molecule has 1 heterocycles. The predicted molar refractivity (Wildman–Crippen MR) is 66.3 cm³/mol. The Kier molecular flexibility index (Phi) is 4.22. The summed E-state index contributed by atoms with van der Waals surface area (Å²) in [7, 11) is 0. The maximum Gasteiger partial charge on any atom is 0.0489 e. The lowest BCUT2D eigenvalue weighted by atomic mass is 9.80. The van der Waals surface area contributed by atoms with E-state index >= 15 is 0 Å². The van der Waals surface area contributed by atoms with Crippen LogP contribution in [0.2, 0.25) is 0 Å². The van der Waals surface area contributed by atoms with Crippen molar-refractivity contribution in [3.05, 3.63) is 0 Å². The average molecular weight is 226 g/mol. The van der Waals surface area contributed by atoms with Crippen LogP contribution in [0.25, 0.3) is 0 Å². The Morgan fingerprint density at radius 1 is 1.06 bits per heavy atom. The number of hydrogen-bond acceptors (Lipinski definition) is 3. The van der Waals surface area contributed by atoms with E-state index in [4.69, 9.17) is 5.73 Å². The molecule has 0 aromatic heterocycles. The quantitative estimate of drug-likeness (QED) is 0.761. The summed E-state index contributed by atoms with van der Waals surface area (Å²) in [6, 6.07) is 0. The van der Waals surface area contributed by atoms with E-state index in [0.29, 0.717) is 6.54 Å². The first-order valence-corrected chi connectivity index (χ1v) is 6.89. The Balaban J connectivity index is 2.12. The van der Waals surface area contributed by atoms with E-state index in [0.717, 1.165) is 0 Å². The highest BCUT2D eigenvalue weighted by molar-refractivity contribution is 5.00. The van der Waals surface area contributed by atoms with Gasteiger partial charge in [-0.2, -0.15) is 0 Å². The van der Waals surface area contributed by atoms with Crippen LogP contribution in [-0.4, -0.2) is 41.8 Å². The van der Waals surface area contributed by atoms with E-state index in [1.807, 2.05) is 0 Å². The lowest BCUT2D eigenvalue weighted by Gasteiger charge is -2.48. The number of aliphatic hydroxyl groups excluding tert-OH is 1. The molecule has 0 bridgehead atoms. The van der Waals surface area contributed by atoms with Crippen molar-refractivity contribution in [2.24, 2.45) is 11.7 Å². The summed E-state index contributed by atoms with van der Waals surface area (Å²) in [5.41, 5.74) is 6.11. The van der Waals surface area contributed by atoms with Gasteiger partial charge < -0.3 is 10.8 Å². The number of nitrogens with two attached hydrogens (primary N) is 1. The fraction of sp³-hybridized carbons (Fsp3) is 1.00. The molecule has 3 N–H and O–H groups in total. The maximum absolute atomic E-state index is 9.58. The summed E-state index contributed by atoms with van der Waals surface area (Å²) >= 11 is 0. The lowest BCUT2D eigenvalue weighted by Crippen LogP contribution is -2.56. The van der Waals surface area contributed by atoms with E-state index < -0.39 is 0 Å². The fourth-order valence-electron chi connectivity index (χ4n) is 3.77. The van der Waals surface area contributed by atoms with Crippen molar-refractivity contribution in [1.82, 2.24) is 4.90 Å². The summed E-state index contributed by atoms with van der Waals surface area (Å²) in [5.74, 6) is 0.285. The van der Waals surface area contributed by atoms with E-state index in [9.17, 15) is 5.11 Å². The smallest absolute Gasteiger partial charge is 0.0489 e. The Bertz CT molecular complexity index is 204. The summed E-state index contributed by atoms with van der Waals surface area (Å²) in [6.07, 6.45) is 9.14. The number of hydrogen-bond donors (Lipinski definition) is 2. The van der Waals surface area contributed by atoms with Gasteiger partial charge in [-0.1, -0.05) is 19.3 Å². The minimum absolute atomic E-state index is 0.240. The van der Waals surface area contributed by atoms with Gasteiger partial charge in [-0.25, -0.2) is 0 Å². The minimum atomic E-state index is 0.240. The highest BCUT2D eigenvalue weighted by atomic mass is 16.3. The third-order valence-corrected chi connectivity index (χ3v) is 4.72. The minimum Gasteiger partial charge on any atom is -0.396 e. The van der Waals surface area contributed by atoms with Gasteiger partial charge in [0.05, 0.1) is 0 Å². The predicted octanol–water partition coefficient (Wildman–Crippen LogP) is 1.35. The van der Waals surface area contributed by atoms with Gasteiger partial charge >= 0.3 is 0 Å². The highest BCUT2D eigenvalue weighted by Crippen LogP contribution is 2.42. The molecule has 0 aromatic carbocycles. The first-order valence-electron chi connectivity index (χ1n) is 6.89. The van der Waals surface area contributed by atoms with Crippen LogP contribution >= 0.6 is 0 Å². The topological polar surface area (TPSA) is 49.5 Å². The molecule has 2 aliphatic rings. The zero-order chi connectivity index (χ0) is 11.4. The Labute approximate surface area is 99.0 Å². The normalized spacial score (nSPS) is 28.1. The number of piperidine rings is 1. The molecule has 0 radical (unpaired) electrons. The van der Waals surface area contributed by atoms with Gasteiger partial charge in [-0.15, -0.1) is 0 Å². The third-order valence-electron chi connectivity index (χ3n) is 4.72. The van der Waals surface area contributed by atoms with Gasteiger partial charge in [0.2, 0.25) is 0 Å². The molecule has 0 aromatic rings. The van der Waals surface area contributed by atoms with Gasteiger partial charge in [0.25, 0.3) is 0 Å². The van der Waals surface area contributed by atoms with Crippen molar-refractivity contribution in [1.29, 1.82) is 0 Å². The van der Waals surface area contributed by atoms with E-state index in [1.165, 1.54) is 58.0 Å². The number of likely N-dealkylation sites (tertiary alicyclic amines) is 1. The molecule has 3 nitrogen and oxygen atoms in total. The van der Waals surface area contributed by atoms with E-state index in [2.05, 4.69) is 4.90 Å². The molecule has 1 atom stereocenters. The van der Waals surface area contributed by atoms with E-state index in [-0.39, 0.29) is 18.1 Å². The number of aliphatic hydroxyl groups is 1. The van der Waals surface area contributed by atoms with Crippen LogP contribution in [0.3, 0.4) is 0 Å². The average Bonchev–Trinajstić information content (AvgIpc) is 2.82. The summed E-state index contributed by atoms with van der Waals surface area (Å²) < 4.78 is 0. The van der Waals surface area contributed by atoms with Crippen molar-refractivity contribution < 1.29 is 5.11 Å². The molecule has 1 unspecified atom stereocenters. The first kappa shape index (κ1) is 12.3. The van der Waals surface area contributed by atoms with Gasteiger partial charge in [0.1, 0.15) is 0 Å². The second kappa shape index (κ2) is 5.48. The monoisotopic (exact) mass is 226 g/mol. The van der Waals surface area contributed by atoms with Crippen molar-refractivity contribution in [3.63, 3.8) is 0 Å². The largest absolute Gasteiger partial charge is 0.396 e. The highest BCUT2D eigenvalue weighted by Gasteiger charge is 2.44. The zero-order valence-electron chi connectivity index (χ0n) is 10.3. The molecule has 1 saturated carbocycles. The van der Waals surface area contributed by atoms with Gasteiger partial charge in [-0.05, 0) is 45.3 Å². The molecule has 0 amide bonds. The number of nitrogens with zero attached hydrogens (tertiary/aromatic N) is 1. The molecule has 94 valence electrons. The summed E-state index contributed by atoms with van der Waals surface area (Å²) in [6.45, 7) is 3.33. The van der Waals surface area contributed by atoms with Crippen molar-refractivity contribution in [3.8, 4) is 0 Å². The lowest BCUT2D eigenvalue weighted by molar-refractivity contribution is 0.000675. The van der Waals surface area contributed by atoms with Crippen molar-refractivity contribution in [2.75, 3.05) is 26.2 Å². The molecule has 16 heavy (non-hydrogen) atoms. The van der Waals surface area contributed by atoms with Gasteiger partial charge in [0, 0.05) is 18.1 Å². The molecule has 2 rings (SSSR count). The second-order valence-corrected chi connectivity index (χ2v) is 5.47. The van der Waals surface area contributed by atoms with Crippen molar-refractivity contribution >= 4 is 0 Å². The summed E-state index contributed by atoms with van der Waals surface area (Å²) in [4.78, 5) is 2.65. The van der Waals surface area contributed by atoms with Crippen molar-refractivity contribution in [2.45, 2.75) is 50.5 Å². The Morgan fingerprint density at radius 3 is 2.19 bits per heavy atom. The Hall–Kier alpha value is -0.120. The number of rotatable bonds is 4. The standard InChI is InChI=1S/C13H26N2O/c14-10-12(11-16)13(6-2-3-7-13)15-8-4-1-5-9-15/h12,16H,1-11,14H2. The van der Waals surface area contributed by atoms with Crippen LogP contribution in [0.15, 0.2) is 0 Å². The van der Waals surface area contributed by atoms with Crippen LogP contribution < -0.4 is 5.73 Å². The molecule has 0 spiro atoms. The first-order chi connectivity index (χ1) is 7.83. The van der Waals surface area contributed by atoms with E-state index in [1.54, 1.807) is 0 Å². The van der Waals surface area contributed by atoms with Gasteiger partial charge in [-0.3, -0.25) is 4.90 Å². The molecule has 3 heteroatoms. The molecule has 2 fully saturated rings.